The highest BCUT2D eigenvalue weighted by Gasteiger charge is 2.57. The van der Waals surface area contributed by atoms with Gasteiger partial charge in [0.25, 0.3) is 5.91 Å². The molecule has 3 aliphatic rings. The third-order valence-electron chi connectivity index (χ3n) is 5.64. The molecule has 0 aliphatic heterocycles. The SMILES string of the molecule is O=C(N[C@H]1C[C@@H](C(=O)O)[C@@H]2C[C@@H]21)c1ccc(C2CCC2)nc1. The lowest BCUT2D eigenvalue weighted by Gasteiger charge is -2.24. The van der Waals surface area contributed by atoms with Gasteiger partial charge in [0, 0.05) is 23.9 Å². The van der Waals surface area contributed by atoms with E-state index in [1.54, 1.807) is 6.20 Å². The maximum absolute atomic E-state index is 12.3. The predicted octanol–water partition coefficient (Wildman–Crippen LogP) is 2.19. The highest BCUT2D eigenvalue weighted by molar-refractivity contribution is 5.94. The lowest BCUT2D eigenvalue weighted by atomic mass is 9.82. The molecule has 0 aromatic carbocycles. The van der Waals surface area contributed by atoms with Crippen molar-refractivity contribution in [3.05, 3.63) is 29.6 Å². The summed E-state index contributed by atoms with van der Waals surface area (Å²) in [6.07, 6.45) is 6.80. The lowest BCUT2D eigenvalue weighted by molar-refractivity contribution is -0.142. The van der Waals surface area contributed by atoms with Gasteiger partial charge in [-0.05, 0) is 49.7 Å². The average Bonchev–Trinajstić information content (AvgIpc) is 3.15. The summed E-state index contributed by atoms with van der Waals surface area (Å²) in [6.45, 7) is 0. The molecule has 0 spiro atoms. The van der Waals surface area contributed by atoms with Gasteiger partial charge in [0.2, 0.25) is 0 Å². The summed E-state index contributed by atoms with van der Waals surface area (Å²) < 4.78 is 0. The molecular weight excluding hydrogens is 280 g/mol. The zero-order valence-corrected chi connectivity index (χ0v) is 12.4. The van der Waals surface area contributed by atoms with Gasteiger partial charge in [-0.3, -0.25) is 14.6 Å². The fourth-order valence-electron chi connectivity index (χ4n) is 3.97. The lowest BCUT2D eigenvalue weighted by Crippen LogP contribution is -2.36. The van der Waals surface area contributed by atoms with Crippen LogP contribution in [0.25, 0.3) is 0 Å². The number of pyridine rings is 1. The molecule has 22 heavy (non-hydrogen) atoms. The standard InChI is InChI=1S/C17H20N2O3/c20-16(10-4-5-14(18-8-10)9-2-1-3-9)19-15-7-13(17(21)22)11-6-12(11)15/h4-5,8-9,11-13,15H,1-3,6-7H2,(H,19,20)(H,21,22)/t11-,12+,13-,15+/m1/s1. The summed E-state index contributed by atoms with van der Waals surface area (Å²) in [4.78, 5) is 27.9. The molecular formula is C17H20N2O3. The third-order valence-corrected chi connectivity index (χ3v) is 5.64. The van der Waals surface area contributed by atoms with E-state index in [9.17, 15) is 9.59 Å². The van der Waals surface area contributed by atoms with Gasteiger partial charge in [-0.15, -0.1) is 0 Å². The molecule has 1 amide bonds. The van der Waals surface area contributed by atoms with Crippen molar-refractivity contribution in [2.75, 3.05) is 0 Å². The van der Waals surface area contributed by atoms with E-state index in [1.165, 1.54) is 19.3 Å². The normalized spacial score (nSPS) is 32.9. The van der Waals surface area contributed by atoms with Crippen molar-refractivity contribution in [3.8, 4) is 0 Å². The van der Waals surface area contributed by atoms with E-state index in [0.29, 0.717) is 23.8 Å². The molecule has 1 aromatic heterocycles. The van der Waals surface area contributed by atoms with Crippen molar-refractivity contribution in [2.24, 2.45) is 17.8 Å². The fraction of sp³-hybridized carbons (Fsp3) is 0.588. The van der Waals surface area contributed by atoms with E-state index in [4.69, 9.17) is 5.11 Å². The van der Waals surface area contributed by atoms with Gasteiger partial charge in [0.05, 0.1) is 11.5 Å². The molecule has 4 atom stereocenters. The molecule has 0 radical (unpaired) electrons. The third kappa shape index (κ3) is 2.28. The van der Waals surface area contributed by atoms with Crippen molar-refractivity contribution in [1.29, 1.82) is 0 Å². The van der Waals surface area contributed by atoms with Crippen LogP contribution in [0, 0.1) is 17.8 Å². The molecule has 0 unspecified atom stereocenters. The van der Waals surface area contributed by atoms with Crippen LogP contribution in [0.4, 0.5) is 0 Å². The molecule has 2 N–H and O–H groups in total. The number of hydrogen-bond donors (Lipinski definition) is 2. The number of hydrogen-bond acceptors (Lipinski definition) is 3. The van der Waals surface area contributed by atoms with Crippen LogP contribution >= 0.6 is 0 Å². The second kappa shape index (κ2) is 5.07. The maximum Gasteiger partial charge on any atom is 0.306 e. The molecule has 3 saturated carbocycles. The Morgan fingerprint density at radius 2 is 2.00 bits per heavy atom. The van der Waals surface area contributed by atoms with Crippen LogP contribution in [0.5, 0.6) is 0 Å². The number of nitrogens with one attached hydrogen (secondary N) is 1. The van der Waals surface area contributed by atoms with Gasteiger partial charge in [-0.25, -0.2) is 0 Å². The van der Waals surface area contributed by atoms with Crippen LogP contribution in [0.3, 0.4) is 0 Å². The van der Waals surface area contributed by atoms with Crippen LogP contribution in [0.2, 0.25) is 0 Å². The highest BCUT2D eigenvalue weighted by atomic mass is 16.4. The summed E-state index contributed by atoms with van der Waals surface area (Å²) in [5, 5.41) is 12.2. The number of aliphatic carboxylic acids is 1. The van der Waals surface area contributed by atoms with E-state index in [-0.39, 0.29) is 23.8 Å². The minimum Gasteiger partial charge on any atom is -0.481 e. The van der Waals surface area contributed by atoms with Crippen molar-refractivity contribution >= 4 is 11.9 Å². The minimum atomic E-state index is -0.726. The molecule has 0 saturated heterocycles. The van der Waals surface area contributed by atoms with Gasteiger partial charge in [-0.2, -0.15) is 0 Å². The minimum absolute atomic E-state index is 0.00455. The molecule has 4 rings (SSSR count). The van der Waals surface area contributed by atoms with Gasteiger partial charge in [0.1, 0.15) is 0 Å². The molecule has 0 bridgehead atoms. The van der Waals surface area contributed by atoms with Gasteiger partial charge >= 0.3 is 5.97 Å². The number of amides is 1. The fourth-order valence-corrected chi connectivity index (χ4v) is 3.97. The molecule has 1 aromatic rings. The number of carbonyl (C=O) groups excluding carboxylic acids is 1. The van der Waals surface area contributed by atoms with E-state index >= 15 is 0 Å². The van der Waals surface area contributed by atoms with Crippen molar-refractivity contribution in [1.82, 2.24) is 10.3 Å². The van der Waals surface area contributed by atoms with Crippen LogP contribution in [-0.4, -0.2) is 28.0 Å². The van der Waals surface area contributed by atoms with Crippen molar-refractivity contribution in [2.45, 2.75) is 44.1 Å². The van der Waals surface area contributed by atoms with E-state index in [0.717, 1.165) is 12.1 Å². The van der Waals surface area contributed by atoms with Crippen molar-refractivity contribution < 1.29 is 14.7 Å². The summed E-state index contributed by atoms with van der Waals surface area (Å²) in [7, 11) is 0. The van der Waals surface area contributed by atoms with Gasteiger partial charge in [0.15, 0.2) is 0 Å². The Hall–Kier alpha value is -1.91. The number of carboxylic acids is 1. The topological polar surface area (TPSA) is 79.3 Å². The number of carboxylic acid groups (broad SMARTS) is 1. The van der Waals surface area contributed by atoms with E-state index in [2.05, 4.69) is 10.3 Å². The first-order chi connectivity index (χ1) is 10.6. The van der Waals surface area contributed by atoms with Crippen LogP contribution in [0.15, 0.2) is 18.3 Å². The highest BCUT2D eigenvalue weighted by Crippen LogP contribution is 2.55. The zero-order chi connectivity index (χ0) is 15.3. The van der Waals surface area contributed by atoms with Crippen LogP contribution < -0.4 is 5.32 Å². The first kappa shape index (κ1) is 13.7. The molecule has 116 valence electrons. The molecule has 5 nitrogen and oxygen atoms in total. The Bertz CT molecular complexity index is 609. The van der Waals surface area contributed by atoms with E-state index in [1.807, 2.05) is 12.1 Å². The average molecular weight is 300 g/mol. The number of fused-ring (bicyclic) bond motifs is 1. The number of carbonyl (C=O) groups is 2. The van der Waals surface area contributed by atoms with Crippen LogP contribution in [0.1, 0.15) is 54.1 Å². The smallest absolute Gasteiger partial charge is 0.306 e. The summed E-state index contributed by atoms with van der Waals surface area (Å²) in [5.41, 5.74) is 1.65. The second-order valence-electron chi connectivity index (χ2n) is 6.92. The Balaban J connectivity index is 1.39. The van der Waals surface area contributed by atoms with Crippen LogP contribution in [-0.2, 0) is 4.79 Å². The van der Waals surface area contributed by atoms with E-state index < -0.39 is 5.97 Å². The molecule has 3 aliphatic carbocycles. The Morgan fingerprint density at radius 3 is 2.55 bits per heavy atom. The maximum atomic E-state index is 12.3. The van der Waals surface area contributed by atoms with Gasteiger partial charge in [-0.1, -0.05) is 6.42 Å². The molecule has 1 heterocycles. The molecule has 3 fully saturated rings. The Kier molecular flexibility index (Phi) is 3.17. The summed E-state index contributed by atoms with van der Waals surface area (Å²) in [6, 6.07) is 3.79. The first-order valence-corrected chi connectivity index (χ1v) is 8.13. The first-order valence-electron chi connectivity index (χ1n) is 8.13. The largest absolute Gasteiger partial charge is 0.481 e. The number of aromatic nitrogens is 1. The van der Waals surface area contributed by atoms with Gasteiger partial charge < -0.3 is 10.4 Å². The predicted molar refractivity (Wildman–Crippen MR) is 79.4 cm³/mol. The molecule has 5 heteroatoms. The quantitative estimate of drug-likeness (QED) is 0.893. The number of rotatable bonds is 4. The Morgan fingerprint density at radius 1 is 1.18 bits per heavy atom. The number of nitrogens with zero attached hydrogens (tertiary/aromatic N) is 1. The second-order valence-corrected chi connectivity index (χ2v) is 6.92. The Labute approximate surface area is 129 Å². The summed E-state index contributed by atoms with van der Waals surface area (Å²) >= 11 is 0. The zero-order valence-electron chi connectivity index (χ0n) is 12.4. The van der Waals surface area contributed by atoms with Crippen molar-refractivity contribution in [3.63, 3.8) is 0 Å². The monoisotopic (exact) mass is 300 g/mol. The summed E-state index contributed by atoms with van der Waals surface area (Å²) in [5.74, 6) is 0.0456.